The zero-order chi connectivity index (χ0) is 16.4. The number of hydrogen-bond donors (Lipinski definition) is 0. The number of hydrogen-bond acceptors (Lipinski definition) is 4. The molecule has 0 saturated carbocycles. The van der Waals surface area contributed by atoms with Gasteiger partial charge in [0.25, 0.3) is 0 Å². The zero-order valence-corrected chi connectivity index (χ0v) is 15.8. The van der Waals surface area contributed by atoms with Crippen molar-refractivity contribution in [3.8, 4) is 0 Å². The standard InChI is InChI=1S/C16H15Cl2N3S2/c1-10-11(2)22-16(20-10)23-14(12-3-5-13(17)6-4-12)15(18)21-8-7-19-9-21/h3-9,14-15H,1-2H3. The van der Waals surface area contributed by atoms with Gasteiger partial charge in [-0.3, -0.25) is 0 Å². The summed E-state index contributed by atoms with van der Waals surface area (Å²) in [6.07, 6.45) is 5.34. The number of imidazole rings is 1. The predicted octanol–water partition coefficient (Wildman–Crippen LogP) is 5.88. The van der Waals surface area contributed by atoms with Gasteiger partial charge >= 0.3 is 0 Å². The van der Waals surface area contributed by atoms with E-state index in [1.54, 1.807) is 35.6 Å². The van der Waals surface area contributed by atoms with Gasteiger partial charge in [-0.15, -0.1) is 11.3 Å². The molecule has 3 nitrogen and oxygen atoms in total. The lowest BCUT2D eigenvalue weighted by Gasteiger charge is -2.22. The summed E-state index contributed by atoms with van der Waals surface area (Å²) < 4.78 is 2.92. The molecule has 0 saturated heterocycles. The molecule has 23 heavy (non-hydrogen) atoms. The molecular formula is C16H15Cl2N3S2. The highest BCUT2D eigenvalue weighted by Crippen LogP contribution is 2.46. The fourth-order valence-electron chi connectivity index (χ4n) is 2.11. The fraction of sp³-hybridized carbons (Fsp3) is 0.250. The van der Waals surface area contributed by atoms with E-state index in [4.69, 9.17) is 23.2 Å². The van der Waals surface area contributed by atoms with Gasteiger partial charge in [0.1, 0.15) is 5.50 Å². The molecule has 2 aromatic heterocycles. The van der Waals surface area contributed by atoms with Crippen molar-refractivity contribution in [3.05, 3.63) is 64.1 Å². The van der Waals surface area contributed by atoms with Gasteiger partial charge < -0.3 is 4.57 Å². The quantitative estimate of drug-likeness (QED) is 0.406. The first-order valence-electron chi connectivity index (χ1n) is 7.02. The summed E-state index contributed by atoms with van der Waals surface area (Å²) >= 11 is 16.1. The van der Waals surface area contributed by atoms with Crippen molar-refractivity contribution in [1.82, 2.24) is 14.5 Å². The van der Waals surface area contributed by atoms with E-state index in [1.165, 1.54) is 4.88 Å². The number of benzene rings is 1. The molecule has 2 heterocycles. The molecule has 0 aliphatic carbocycles. The lowest BCUT2D eigenvalue weighted by Crippen LogP contribution is -2.09. The molecule has 0 fully saturated rings. The Morgan fingerprint density at radius 1 is 1.22 bits per heavy atom. The molecule has 0 aliphatic heterocycles. The number of rotatable bonds is 5. The van der Waals surface area contributed by atoms with Gasteiger partial charge in [0, 0.05) is 22.3 Å². The summed E-state index contributed by atoms with van der Waals surface area (Å²) in [7, 11) is 0. The monoisotopic (exact) mass is 383 g/mol. The van der Waals surface area contributed by atoms with Crippen molar-refractivity contribution in [3.63, 3.8) is 0 Å². The Bertz CT molecular complexity index is 750. The first-order valence-corrected chi connectivity index (χ1v) is 9.53. The Labute approximate surface area is 153 Å². The Morgan fingerprint density at radius 2 is 1.96 bits per heavy atom. The highest BCUT2D eigenvalue weighted by atomic mass is 35.5. The third-order valence-electron chi connectivity index (χ3n) is 3.49. The van der Waals surface area contributed by atoms with E-state index in [2.05, 4.69) is 16.9 Å². The lowest BCUT2D eigenvalue weighted by atomic mass is 10.1. The second-order valence-corrected chi connectivity index (χ2v) is 8.57. The topological polar surface area (TPSA) is 30.7 Å². The van der Waals surface area contributed by atoms with Crippen LogP contribution in [0.2, 0.25) is 5.02 Å². The highest BCUT2D eigenvalue weighted by molar-refractivity contribution is 8.01. The van der Waals surface area contributed by atoms with Crippen LogP contribution in [0.15, 0.2) is 47.3 Å². The summed E-state index contributed by atoms with van der Waals surface area (Å²) in [5.41, 5.74) is 1.91. The van der Waals surface area contributed by atoms with Crippen LogP contribution in [0.4, 0.5) is 0 Å². The Hall–Kier alpha value is -1.01. The van der Waals surface area contributed by atoms with E-state index in [-0.39, 0.29) is 10.8 Å². The average Bonchev–Trinajstić information content (AvgIpc) is 3.16. The number of thiazole rings is 1. The molecule has 3 rings (SSSR count). The number of alkyl halides is 1. The Balaban J connectivity index is 1.93. The van der Waals surface area contributed by atoms with Gasteiger partial charge in [0.05, 0.1) is 17.3 Å². The number of aryl methyl sites for hydroxylation is 2. The molecule has 0 spiro atoms. The number of nitrogens with zero attached hydrogens (tertiary/aromatic N) is 3. The van der Waals surface area contributed by atoms with E-state index >= 15 is 0 Å². The molecule has 3 aromatic rings. The maximum absolute atomic E-state index is 6.73. The lowest BCUT2D eigenvalue weighted by molar-refractivity contribution is 0.651. The number of aromatic nitrogens is 3. The number of thioether (sulfide) groups is 1. The second-order valence-electron chi connectivity index (χ2n) is 5.09. The van der Waals surface area contributed by atoms with Crippen LogP contribution in [0, 0.1) is 13.8 Å². The molecule has 0 bridgehead atoms. The maximum atomic E-state index is 6.73. The first-order chi connectivity index (χ1) is 11.0. The van der Waals surface area contributed by atoms with Crippen LogP contribution in [0.1, 0.15) is 26.9 Å². The third kappa shape index (κ3) is 3.91. The largest absolute Gasteiger partial charge is 0.319 e. The van der Waals surface area contributed by atoms with Crippen LogP contribution in [-0.4, -0.2) is 14.5 Å². The van der Waals surface area contributed by atoms with Gasteiger partial charge in [-0.2, -0.15) is 0 Å². The van der Waals surface area contributed by atoms with E-state index in [0.717, 1.165) is 15.6 Å². The van der Waals surface area contributed by atoms with E-state index in [9.17, 15) is 0 Å². The van der Waals surface area contributed by atoms with Crippen molar-refractivity contribution in [1.29, 1.82) is 0 Å². The van der Waals surface area contributed by atoms with Gasteiger partial charge in [-0.1, -0.05) is 47.1 Å². The molecule has 0 amide bonds. The minimum atomic E-state index is -0.270. The van der Waals surface area contributed by atoms with Crippen LogP contribution in [0.5, 0.6) is 0 Å². The summed E-state index contributed by atoms with van der Waals surface area (Å²) in [6.45, 7) is 4.11. The van der Waals surface area contributed by atoms with Crippen LogP contribution >= 0.6 is 46.3 Å². The molecule has 0 aliphatic rings. The summed E-state index contributed by atoms with van der Waals surface area (Å²) in [5.74, 6) is 0. The van der Waals surface area contributed by atoms with E-state index < -0.39 is 0 Å². The minimum Gasteiger partial charge on any atom is -0.319 e. The predicted molar refractivity (Wildman–Crippen MR) is 98.8 cm³/mol. The first kappa shape index (κ1) is 16.8. The summed E-state index contributed by atoms with van der Waals surface area (Å²) in [5, 5.41) is 0.722. The zero-order valence-electron chi connectivity index (χ0n) is 12.6. The van der Waals surface area contributed by atoms with Crippen molar-refractivity contribution in [2.75, 3.05) is 0 Å². The third-order valence-corrected chi connectivity index (χ3v) is 6.86. The molecule has 120 valence electrons. The Kier molecular flexibility index (Phi) is 5.31. The molecule has 0 N–H and O–H groups in total. The second kappa shape index (κ2) is 7.26. The number of halogens is 2. The highest BCUT2D eigenvalue weighted by Gasteiger charge is 2.25. The normalized spacial score (nSPS) is 13.9. The van der Waals surface area contributed by atoms with Crippen molar-refractivity contribution in [2.24, 2.45) is 0 Å². The minimum absolute atomic E-state index is 0.00748. The van der Waals surface area contributed by atoms with Crippen LogP contribution in [-0.2, 0) is 0 Å². The van der Waals surface area contributed by atoms with Crippen molar-refractivity contribution in [2.45, 2.75) is 28.9 Å². The van der Waals surface area contributed by atoms with Crippen LogP contribution in [0.3, 0.4) is 0 Å². The van der Waals surface area contributed by atoms with Gasteiger partial charge in [0.15, 0.2) is 4.34 Å². The summed E-state index contributed by atoms with van der Waals surface area (Å²) in [6, 6.07) is 7.81. The van der Waals surface area contributed by atoms with Crippen molar-refractivity contribution < 1.29 is 0 Å². The van der Waals surface area contributed by atoms with Crippen LogP contribution < -0.4 is 0 Å². The van der Waals surface area contributed by atoms with Gasteiger partial charge in [-0.05, 0) is 31.5 Å². The van der Waals surface area contributed by atoms with E-state index in [0.29, 0.717) is 5.02 Å². The molecule has 1 aromatic carbocycles. The Morgan fingerprint density at radius 3 is 2.52 bits per heavy atom. The maximum Gasteiger partial charge on any atom is 0.151 e. The fourth-order valence-corrected chi connectivity index (χ4v) is 5.12. The van der Waals surface area contributed by atoms with E-state index in [1.807, 2.05) is 42.0 Å². The molecule has 2 atom stereocenters. The molecule has 0 radical (unpaired) electrons. The summed E-state index contributed by atoms with van der Waals surface area (Å²) in [4.78, 5) is 9.96. The average molecular weight is 384 g/mol. The SMILES string of the molecule is Cc1nc(SC(c2ccc(Cl)cc2)C(Cl)n2ccnc2)sc1C. The molecular weight excluding hydrogens is 369 g/mol. The smallest absolute Gasteiger partial charge is 0.151 e. The molecule has 7 heteroatoms. The van der Waals surface area contributed by atoms with Crippen molar-refractivity contribution >= 4 is 46.3 Å². The molecule has 2 unspecified atom stereocenters. The van der Waals surface area contributed by atoms with Gasteiger partial charge in [0.2, 0.25) is 0 Å². The van der Waals surface area contributed by atoms with Crippen LogP contribution in [0.25, 0.3) is 0 Å². The van der Waals surface area contributed by atoms with Gasteiger partial charge in [-0.25, -0.2) is 9.97 Å².